The number of rotatable bonds is 5. The molecule has 88 valence electrons. The van der Waals surface area contributed by atoms with Gasteiger partial charge in [0, 0.05) is 18.6 Å². The lowest BCUT2D eigenvalue weighted by Crippen LogP contribution is -2.40. The van der Waals surface area contributed by atoms with E-state index < -0.39 is 0 Å². The number of nitrogens with zero attached hydrogens (tertiary/aromatic N) is 2. The summed E-state index contributed by atoms with van der Waals surface area (Å²) < 4.78 is 0. The van der Waals surface area contributed by atoms with Crippen LogP contribution in [0.25, 0.3) is 0 Å². The summed E-state index contributed by atoms with van der Waals surface area (Å²) >= 11 is 0. The van der Waals surface area contributed by atoms with E-state index in [4.69, 9.17) is 5.73 Å². The van der Waals surface area contributed by atoms with Gasteiger partial charge < -0.3 is 10.6 Å². The van der Waals surface area contributed by atoms with Crippen molar-refractivity contribution in [3.05, 3.63) is 0 Å². The van der Waals surface area contributed by atoms with Crippen LogP contribution in [-0.4, -0.2) is 29.5 Å². The van der Waals surface area contributed by atoms with Crippen molar-refractivity contribution < 1.29 is 0 Å². The van der Waals surface area contributed by atoms with Crippen LogP contribution < -0.4 is 5.73 Å². The van der Waals surface area contributed by atoms with Crippen molar-refractivity contribution in [2.24, 2.45) is 16.6 Å². The van der Waals surface area contributed by atoms with Crippen LogP contribution in [0, 0.1) is 5.92 Å². The summed E-state index contributed by atoms with van der Waals surface area (Å²) in [6, 6.07) is 0.969. The molecule has 15 heavy (non-hydrogen) atoms. The van der Waals surface area contributed by atoms with Crippen molar-refractivity contribution in [2.45, 2.75) is 59.0 Å². The van der Waals surface area contributed by atoms with E-state index in [0.29, 0.717) is 12.1 Å². The highest BCUT2D eigenvalue weighted by Crippen LogP contribution is 2.27. The first-order chi connectivity index (χ1) is 7.00. The Hall–Kier alpha value is -0.730. The Bertz CT molecular complexity index is 217. The maximum Gasteiger partial charge on any atom is 0.191 e. The standard InChI is InChI=1S/C12H25N3/c1-9(2)7-8-15(11-5-6-11)12(13)14-10(3)4/h9-11H,5-8H2,1-4H3,(H2,13,14). The van der Waals surface area contributed by atoms with Crippen molar-refractivity contribution >= 4 is 5.96 Å². The molecule has 1 saturated carbocycles. The maximum atomic E-state index is 6.02. The number of aliphatic imine (C=N–C) groups is 1. The van der Waals surface area contributed by atoms with E-state index in [1.165, 1.54) is 19.3 Å². The Balaban J connectivity index is 2.49. The average Bonchev–Trinajstić information content (AvgIpc) is 2.86. The molecule has 3 nitrogen and oxygen atoms in total. The number of hydrogen-bond acceptors (Lipinski definition) is 1. The van der Waals surface area contributed by atoms with Crippen LogP contribution in [0.4, 0.5) is 0 Å². The van der Waals surface area contributed by atoms with Gasteiger partial charge in [-0.2, -0.15) is 0 Å². The van der Waals surface area contributed by atoms with Gasteiger partial charge in [0.25, 0.3) is 0 Å². The minimum Gasteiger partial charge on any atom is -0.370 e. The summed E-state index contributed by atoms with van der Waals surface area (Å²) in [5.74, 6) is 1.48. The fraction of sp³-hybridized carbons (Fsp3) is 0.917. The van der Waals surface area contributed by atoms with Gasteiger partial charge >= 0.3 is 0 Å². The van der Waals surface area contributed by atoms with Gasteiger partial charge in [-0.15, -0.1) is 0 Å². The third kappa shape index (κ3) is 4.54. The molecule has 0 aromatic rings. The van der Waals surface area contributed by atoms with E-state index in [9.17, 15) is 0 Å². The van der Waals surface area contributed by atoms with Crippen molar-refractivity contribution in [1.82, 2.24) is 4.90 Å². The van der Waals surface area contributed by atoms with Crippen LogP contribution in [0.1, 0.15) is 47.0 Å². The molecular formula is C12H25N3. The highest BCUT2D eigenvalue weighted by atomic mass is 15.3. The molecule has 0 heterocycles. The molecule has 0 amide bonds. The van der Waals surface area contributed by atoms with Crippen molar-refractivity contribution in [1.29, 1.82) is 0 Å². The molecule has 0 bridgehead atoms. The third-order valence-corrected chi connectivity index (χ3v) is 2.62. The predicted octanol–water partition coefficient (Wildman–Crippen LogP) is 2.22. The van der Waals surface area contributed by atoms with E-state index >= 15 is 0 Å². The smallest absolute Gasteiger partial charge is 0.191 e. The minimum absolute atomic E-state index is 0.297. The van der Waals surface area contributed by atoms with Crippen LogP contribution in [0.3, 0.4) is 0 Å². The Labute approximate surface area is 93.7 Å². The van der Waals surface area contributed by atoms with E-state index in [2.05, 4.69) is 37.6 Å². The molecule has 0 aromatic heterocycles. The Morgan fingerprint density at radius 1 is 1.33 bits per heavy atom. The second kappa shape index (κ2) is 5.38. The first-order valence-corrected chi connectivity index (χ1v) is 6.10. The molecule has 1 rings (SSSR count). The summed E-state index contributed by atoms with van der Waals surface area (Å²) in [7, 11) is 0. The van der Waals surface area contributed by atoms with Crippen LogP contribution in [-0.2, 0) is 0 Å². The van der Waals surface area contributed by atoms with Crippen molar-refractivity contribution in [3.8, 4) is 0 Å². The molecule has 0 spiro atoms. The van der Waals surface area contributed by atoms with Gasteiger partial charge in [-0.05, 0) is 39.0 Å². The number of guanidine groups is 1. The van der Waals surface area contributed by atoms with Crippen molar-refractivity contribution in [2.75, 3.05) is 6.54 Å². The summed E-state index contributed by atoms with van der Waals surface area (Å²) in [6.45, 7) is 9.70. The Morgan fingerprint density at radius 3 is 2.33 bits per heavy atom. The molecule has 1 aliphatic carbocycles. The summed E-state index contributed by atoms with van der Waals surface area (Å²) in [4.78, 5) is 6.73. The van der Waals surface area contributed by atoms with E-state index in [-0.39, 0.29) is 0 Å². The van der Waals surface area contributed by atoms with Gasteiger partial charge in [0.05, 0.1) is 0 Å². The summed E-state index contributed by atoms with van der Waals surface area (Å²) in [5.41, 5.74) is 6.02. The van der Waals surface area contributed by atoms with Gasteiger partial charge in [-0.25, -0.2) is 0 Å². The molecular weight excluding hydrogens is 186 g/mol. The SMILES string of the molecule is CC(C)CCN(C(N)=NC(C)C)C1CC1. The third-order valence-electron chi connectivity index (χ3n) is 2.62. The number of nitrogens with two attached hydrogens (primary N) is 1. The normalized spacial score (nSPS) is 17.6. The Morgan fingerprint density at radius 2 is 1.93 bits per heavy atom. The zero-order valence-electron chi connectivity index (χ0n) is 10.5. The molecule has 1 fully saturated rings. The first-order valence-electron chi connectivity index (χ1n) is 6.10. The molecule has 3 heteroatoms. The fourth-order valence-electron chi connectivity index (χ4n) is 1.61. The highest BCUT2D eigenvalue weighted by molar-refractivity contribution is 5.78. The lowest BCUT2D eigenvalue weighted by Gasteiger charge is -2.24. The molecule has 0 atom stereocenters. The highest BCUT2D eigenvalue weighted by Gasteiger charge is 2.30. The minimum atomic E-state index is 0.297. The van der Waals surface area contributed by atoms with Gasteiger partial charge in [0.1, 0.15) is 0 Å². The maximum absolute atomic E-state index is 6.02. The van der Waals surface area contributed by atoms with Crippen LogP contribution in [0.2, 0.25) is 0 Å². The zero-order chi connectivity index (χ0) is 11.4. The van der Waals surface area contributed by atoms with Gasteiger partial charge in [-0.1, -0.05) is 13.8 Å². The monoisotopic (exact) mass is 211 g/mol. The lowest BCUT2D eigenvalue weighted by atomic mass is 10.1. The second-order valence-corrected chi connectivity index (χ2v) is 5.19. The zero-order valence-corrected chi connectivity index (χ0v) is 10.5. The average molecular weight is 211 g/mol. The van der Waals surface area contributed by atoms with Gasteiger partial charge in [0.2, 0.25) is 0 Å². The second-order valence-electron chi connectivity index (χ2n) is 5.19. The molecule has 2 N–H and O–H groups in total. The van der Waals surface area contributed by atoms with Crippen LogP contribution in [0.15, 0.2) is 4.99 Å². The molecule has 1 aliphatic rings. The first kappa shape index (κ1) is 12.3. The van der Waals surface area contributed by atoms with Crippen molar-refractivity contribution in [3.63, 3.8) is 0 Å². The predicted molar refractivity (Wildman–Crippen MR) is 65.9 cm³/mol. The van der Waals surface area contributed by atoms with E-state index in [1.807, 2.05) is 0 Å². The topological polar surface area (TPSA) is 41.6 Å². The van der Waals surface area contributed by atoms with Gasteiger partial charge in [-0.3, -0.25) is 4.99 Å². The lowest BCUT2D eigenvalue weighted by molar-refractivity contribution is 0.366. The quantitative estimate of drug-likeness (QED) is 0.559. The Kier molecular flexibility index (Phi) is 4.43. The van der Waals surface area contributed by atoms with E-state index in [1.54, 1.807) is 0 Å². The molecule has 0 unspecified atom stereocenters. The molecule has 0 saturated heterocycles. The fourth-order valence-corrected chi connectivity index (χ4v) is 1.61. The number of hydrogen-bond donors (Lipinski definition) is 1. The van der Waals surface area contributed by atoms with Crippen LogP contribution >= 0.6 is 0 Å². The summed E-state index contributed by atoms with van der Waals surface area (Å²) in [5, 5.41) is 0. The van der Waals surface area contributed by atoms with E-state index in [0.717, 1.165) is 18.4 Å². The molecule has 0 aliphatic heterocycles. The van der Waals surface area contributed by atoms with Gasteiger partial charge in [0.15, 0.2) is 5.96 Å². The molecule has 0 aromatic carbocycles. The van der Waals surface area contributed by atoms with Crippen LogP contribution in [0.5, 0.6) is 0 Å². The summed E-state index contributed by atoms with van der Waals surface area (Å²) in [6.07, 6.45) is 3.77. The molecule has 0 radical (unpaired) electrons. The largest absolute Gasteiger partial charge is 0.370 e.